The molecule has 1 aliphatic heterocycles. The van der Waals surface area contributed by atoms with Crippen LogP contribution in [0.2, 0.25) is 0 Å². The van der Waals surface area contributed by atoms with Crippen molar-refractivity contribution in [2.45, 2.75) is 11.8 Å². The Balaban J connectivity index is 1.77. The largest absolute Gasteiger partial charge is 0.367 e. The number of piperazine rings is 1. The van der Waals surface area contributed by atoms with Crippen molar-refractivity contribution in [2.24, 2.45) is 5.14 Å². The molecular formula is C16H19BrN4O2S. The van der Waals surface area contributed by atoms with Crippen molar-refractivity contribution < 1.29 is 8.42 Å². The number of hydrogen-bond donors (Lipinski definition) is 1. The summed E-state index contributed by atoms with van der Waals surface area (Å²) in [5, 5.41) is 5.33. The van der Waals surface area contributed by atoms with Crippen LogP contribution < -0.4 is 14.9 Å². The highest BCUT2D eigenvalue weighted by atomic mass is 79.9. The molecule has 0 aliphatic carbocycles. The van der Waals surface area contributed by atoms with Gasteiger partial charge in [-0.2, -0.15) is 0 Å². The first kappa shape index (κ1) is 17.2. The zero-order valence-electron chi connectivity index (χ0n) is 13.3. The molecule has 1 aliphatic rings. The lowest BCUT2D eigenvalue weighted by molar-refractivity contribution is 0.595. The fourth-order valence-electron chi connectivity index (χ4n) is 2.84. The van der Waals surface area contributed by atoms with Crippen molar-refractivity contribution in [1.29, 1.82) is 0 Å². The van der Waals surface area contributed by atoms with E-state index in [0.717, 1.165) is 29.1 Å². The number of halogens is 1. The van der Waals surface area contributed by atoms with Crippen molar-refractivity contribution >= 4 is 37.5 Å². The molecule has 0 radical (unpaired) electrons. The number of anilines is 2. The van der Waals surface area contributed by atoms with Gasteiger partial charge in [-0.1, -0.05) is 12.1 Å². The Hall–Kier alpha value is -1.64. The Morgan fingerprint density at radius 1 is 1.04 bits per heavy atom. The summed E-state index contributed by atoms with van der Waals surface area (Å²) in [6, 6.07) is 10.9. The average molecular weight is 411 g/mol. The van der Waals surface area contributed by atoms with Crippen LogP contribution in [0.5, 0.6) is 0 Å². The van der Waals surface area contributed by atoms with Gasteiger partial charge in [-0.15, -0.1) is 0 Å². The molecule has 0 bridgehead atoms. The molecule has 3 rings (SSSR count). The molecular weight excluding hydrogens is 392 g/mol. The number of aryl methyl sites for hydroxylation is 1. The lowest BCUT2D eigenvalue weighted by Crippen LogP contribution is -2.47. The van der Waals surface area contributed by atoms with Gasteiger partial charge < -0.3 is 9.80 Å². The summed E-state index contributed by atoms with van der Waals surface area (Å²) in [5.74, 6) is 0.940. The van der Waals surface area contributed by atoms with E-state index < -0.39 is 10.0 Å². The molecule has 0 spiro atoms. The highest BCUT2D eigenvalue weighted by Crippen LogP contribution is 2.26. The van der Waals surface area contributed by atoms with E-state index in [-0.39, 0.29) is 4.90 Å². The molecule has 0 atom stereocenters. The smallest absolute Gasteiger partial charge is 0.240 e. The predicted octanol–water partition coefficient (Wildman–Crippen LogP) is 2.13. The third-order valence-electron chi connectivity index (χ3n) is 4.12. The fraction of sp³-hybridized carbons (Fsp3) is 0.312. The van der Waals surface area contributed by atoms with Gasteiger partial charge in [0.25, 0.3) is 0 Å². The number of primary sulfonamides is 1. The van der Waals surface area contributed by atoms with Crippen LogP contribution in [0, 0.1) is 6.92 Å². The molecule has 2 aromatic rings. The zero-order chi connectivity index (χ0) is 17.3. The van der Waals surface area contributed by atoms with Crippen LogP contribution in [0.15, 0.2) is 45.8 Å². The van der Waals surface area contributed by atoms with Crippen molar-refractivity contribution in [3.8, 4) is 0 Å². The highest BCUT2D eigenvalue weighted by Gasteiger charge is 2.23. The van der Waals surface area contributed by atoms with Crippen LogP contribution in [-0.4, -0.2) is 39.6 Å². The number of para-hydroxylation sites is 1. The minimum absolute atomic E-state index is 0.177. The molecule has 0 unspecified atom stereocenters. The lowest BCUT2D eigenvalue weighted by atomic mass is 10.2. The number of hydrogen-bond acceptors (Lipinski definition) is 5. The van der Waals surface area contributed by atoms with E-state index in [1.165, 1.54) is 0 Å². The van der Waals surface area contributed by atoms with Gasteiger partial charge >= 0.3 is 0 Å². The third-order valence-corrected chi connectivity index (χ3v) is 5.92. The summed E-state index contributed by atoms with van der Waals surface area (Å²) in [7, 11) is -3.73. The second-order valence-corrected chi connectivity index (χ2v) is 8.11. The molecule has 1 fully saturated rings. The molecule has 6 nitrogen and oxygen atoms in total. The quantitative estimate of drug-likeness (QED) is 0.837. The number of pyridine rings is 1. The Labute approximate surface area is 150 Å². The summed E-state index contributed by atoms with van der Waals surface area (Å²) < 4.78 is 24.5. The van der Waals surface area contributed by atoms with E-state index in [9.17, 15) is 8.42 Å². The molecule has 0 amide bonds. The number of aromatic nitrogens is 1. The maximum absolute atomic E-state index is 11.8. The van der Waals surface area contributed by atoms with Gasteiger partial charge in [0.05, 0.1) is 11.4 Å². The summed E-state index contributed by atoms with van der Waals surface area (Å²) in [6.07, 6.45) is 0. The average Bonchev–Trinajstić information content (AvgIpc) is 2.57. The van der Waals surface area contributed by atoms with Crippen LogP contribution in [0.4, 0.5) is 11.5 Å². The summed E-state index contributed by atoms with van der Waals surface area (Å²) in [4.78, 5) is 9.03. The molecule has 0 saturated carbocycles. The molecule has 128 valence electrons. The van der Waals surface area contributed by atoms with Gasteiger partial charge in [-0.25, -0.2) is 18.5 Å². The maximum Gasteiger partial charge on any atom is 0.240 e. The van der Waals surface area contributed by atoms with Gasteiger partial charge in [0, 0.05) is 30.7 Å². The number of sulfonamides is 1. The van der Waals surface area contributed by atoms with E-state index >= 15 is 0 Å². The molecule has 1 saturated heterocycles. The second kappa shape index (κ2) is 6.70. The summed E-state index contributed by atoms with van der Waals surface area (Å²) in [6.45, 7) is 4.93. The van der Waals surface area contributed by atoms with Crippen LogP contribution in [0.1, 0.15) is 5.69 Å². The van der Waals surface area contributed by atoms with Gasteiger partial charge in [0.2, 0.25) is 10.0 Å². The Morgan fingerprint density at radius 2 is 1.67 bits per heavy atom. The second-order valence-electron chi connectivity index (χ2n) is 5.72. The molecule has 24 heavy (non-hydrogen) atoms. The van der Waals surface area contributed by atoms with Gasteiger partial charge in [0.15, 0.2) is 0 Å². The monoisotopic (exact) mass is 410 g/mol. The van der Waals surface area contributed by atoms with E-state index in [4.69, 9.17) is 5.14 Å². The van der Waals surface area contributed by atoms with Gasteiger partial charge in [-0.05, 0) is 47.1 Å². The predicted molar refractivity (Wildman–Crippen MR) is 98.9 cm³/mol. The van der Waals surface area contributed by atoms with E-state index in [1.54, 1.807) is 18.2 Å². The Bertz CT molecular complexity index is 849. The van der Waals surface area contributed by atoms with Crippen molar-refractivity contribution in [3.63, 3.8) is 0 Å². The lowest BCUT2D eigenvalue weighted by Gasteiger charge is -2.37. The van der Waals surface area contributed by atoms with Gasteiger partial charge in [-0.3, -0.25) is 0 Å². The van der Waals surface area contributed by atoms with Gasteiger partial charge in [0.1, 0.15) is 10.7 Å². The molecule has 2 heterocycles. The number of rotatable bonds is 3. The Kier molecular flexibility index (Phi) is 4.80. The Morgan fingerprint density at radius 3 is 2.29 bits per heavy atom. The van der Waals surface area contributed by atoms with E-state index in [0.29, 0.717) is 18.8 Å². The standard InChI is InChI=1S/C16H19BrN4O2S/c1-12-13(17)6-7-16(19-12)21-10-8-20(9-11-21)14-4-2-3-5-15(14)24(18,22)23/h2-7H,8-11H2,1H3,(H2,18,22,23). The fourth-order valence-corrected chi connectivity index (χ4v) is 3.82. The third kappa shape index (κ3) is 3.55. The topological polar surface area (TPSA) is 79.5 Å². The van der Waals surface area contributed by atoms with Crippen molar-refractivity contribution in [3.05, 3.63) is 46.6 Å². The molecule has 2 N–H and O–H groups in total. The zero-order valence-corrected chi connectivity index (χ0v) is 15.7. The molecule has 1 aromatic carbocycles. The number of nitrogens with zero attached hydrogens (tertiary/aromatic N) is 3. The normalized spacial score (nSPS) is 15.6. The maximum atomic E-state index is 11.8. The van der Waals surface area contributed by atoms with Crippen LogP contribution in [0.25, 0.3) is 0 Å². The highest BCUT2D eigenvalue weighted by molar-refractivity contribution is 9.10. The van der Waals surface area contributed by atoms with E-state index in [1.807, 2.05) is 25.1 Å². The number of benzene rings is 1. The molecule has 1 aromatic heterocycles. The minimum atomic E-state index is -3.73. The van der Waals surface area contributed by atoms with Crippen LogP contribution in [-0.2, 0) is 10.0 Å². The van der Waals surface area contributed by atoms with Crippen molar-refractivity contribution in [2.75, 3.05) is 36.0 Å². The summed E-state index contributed by atoms with van der Waals surface area (Å²) >= 11 is 3.46. The van der Waals surface area contributed by atoms with Crippen LogP contribution >= 0.6 is 15.9 Å². The number of nitrogens with two attached hydrogens (primary N) is 1. The first-order valence-electron chi connectivity index (χ1n) is 7.61. The first-order chi connectivity index (χ1) is 11.4. The van der Waals surface area contributed by atoms with E-state index in [2.05, 4.69) is 30.7 Å². The minimum Gasteiger partial charge on any atom is -0.367 e. The first-order valence-corrected chi connectivity index (χ1v) is 9.95. The SMILES string of the molecule is Cc1nc(N2CCN(c3ccccc3S(N)(=O)=O)CC2)ccc1Br. The van der Waals surface area contributed by atoms with Crippen molar-refractivity contribution in [1.82, 2.24) is 4.98 Å². The summed E-state index contributed by atoms with van der Waals surface area (Å²) in [5.41, 5.74) is 1.62. The molecule has 8 heteroatoms. The van der Waals surface area contributed by atoms with Crippen LogP contribution in [0.3, 0.4) is 0 Å².